The van der Waals surface area contributed by atoms with E-state index < -0.39 is 0 Å². The minimum absolute atomic E-state index is 0.417. The second-order valence-electron chi connectivity index (χ2n) is 5.08. The molecule has 116 valence electrons. The Hall–Kier alpha value is -3.01. The van der Waals surface area contributed by atoms with Gasteiger partial charge in [-0.15, -0.1) is 0 Å². The zero-order chi connectivity index (χ0) is 16.1. The van der Waals surface area contributed by atoms with Crippen molar-refractivity contribution in [3.05, 3.63) is 71.8 Å². The van der Waals surface area contributed by atoms with Crippen LogP contribution in [0.3, 0.4) is 0 Å². The van der Waals surface area contributed by atoms with Gasteiger partial charge in [0.15, 0.2) is 0 Å². The van der Waals surface area contributed by atoms with Crippen molar-refractivity contribution in [3.8, 4) is 11.5 Å². The normalized spacial score (nSPS) is 11.0. The van der Waals surface area contributed by atoms with E-state index in [2.05, 4.69) is 23.4 Å². The van der Waals surface area contributed by atoms with Crippen molar-refractivity contribution in [2.75, 3.05) is 7.11 Å². The quantitative estimate of drug-likeness (QED) is 0.436. The second-order valence-corrected chi connectivity index (χ2v) is 5.08. The summed E-state index contributed by atoms with van der Waals surface area (Å²) in [4.78, 5) is 0. The molecule has 3 rings (SSSR count). The van der Waals surface area contributed by atoms with E-state index in [4.69, 9.17) is 14.7 Å². The van der Waals surface area contributed by atoms with Crippen LogP contribution >= 0.6 is 0 Å². The first-order valence-electron chi connectivity index (χ1n) is 7.27. The Labute approximate surface area is 134 Å². The van der Waals surface area contributed by atoms with E-state index in [1.54, 1.807) is 25.3 Å². The van der Waals surface area contributed by atoms with Gasteiger partial charge in [0.05, 0.1) is 13.3 Å². The lowest BCUT2D eigenvalue weighted by Crippen LogP contribution is -2.00. The third kappa shape index (κ3) is 3.26. The molecule has 0 aliphatic rings. The third-order valence-corrected chi connectivity index (χ3v) is 3.68. The van der Waals surface area contributed by atoms with E-state index in [-0.39, 0.29) is 0 Å². The van der Waals surface area contributed by atoms with Crippen LogP contribution in [0, 0.1) is 0 Å². The van der Waals surface area contributed by atoms with Crippen LogP contribution in [0.5, 0.6) is 11.5 Å². The van der Waals surface area contributed by atoms with E-state index in [0.717, 1.165) is 10.9 Å². The Morgan fingerprint density at radius 2 is 1.87 bits per heavy atom. The number of hydrogen-bond acceptors (Lipinski definition) is 4. The summed E-state index contributed by atoms with van der Waals surface area (Å²) in [6, 6.07) is 19.7. The SMILES string of the molecule is COc1ccc(C=NO)c(OCc2cccc3ccccc23)c1. The van der Waals surface area contributed by atoms with Crippen LogP contribution in [0.15, 0.2) is 65.8 Å². The van der Waals surface area contributed by atoms with Crippen molar-refractivity contribution in [3.63, 3.8) is 0 Å². The van der Waals surface area contributed by atoms with Crippen LogP contribution < -0.4 is 9.47 Å². The van der Waals surface area contributed by atoms with Gasteiger partial charge >= 0.3 is 0 Å². The molecule has 0 aliphatic carbocycles. The minimum atomic E-state index is 0.417. The van der Waals surface area contributed by atoms with Crippen molar-refractivity contribution < 1.29 is 14.7 Å². The van der Waals surface area contributed by atoms with Gasteiger partial charge in [-0.1, -0.05) is 47.6 Å². The fourth-order valence-electron chi connectivity index (χ4n) is 2.51. The standard InChI is InChI=1S/C19H17NO3/c1-22-17-10-9-15(12-20-21)19(11-17)23-13-16-7-4-6-14-5-2-3-8-18(14)16/h2-12,21H,13H2,1H3. The lowest BCUT2D eigenvalue weighted by molar-refractivity contribution is 0.303. The summed E-state index contributed by atoms with van der Waals surface area (Å²) in [5.41, 5.74) is 1.78. The van der Waals surface area contributed by atoms with Gasteiger partial charge in [-0.05, 0) is 28.5 Å². The molecule has 0 saturated heterocycles. The van der Waals surface area contributed by atoms with Gasteiger partial charge in [-0.25, -0.2) is 0 Å². The molecule has 1 N–H and O–H groups in total. The van der Waals surface area contributed by atoms with Crippen LogP contribution in [-0.2, 0) is 6.61 Å². The van der Waals surface area contributed by atoms with E-state index in [1.807, 2.05) is 24.3 Å². The maximum atomic E-state index is 8.78. The molecule has 4 nitrogen and oxygen atoms in total. The van der Waals surface area contributed by atoms with Crippen molar-refractivity contribution in [1.29, 1.82) is 0 Å². The monoisotopic (exact) mass is 307 g/mol. The Kier molecular flexibility index (Phi) is 4.43. The smallest absolute Gasteiger partial charge is 0.132 e. The molecule has 4 heteroatoms. The van der Waals surface area contributed by atoms with Crippen molar-refractivity contribution >= 4 is 17.0 Å². The molecule has 0 saturated carbocycles. The van der Waals surface area contributed by atoms with Crippen molar-refractivity contribution in [2.24, 2.45) is 5.16 Å². The minimum Gasteiger partial charge on any atom is -0.497 e. The van der Waals surface area contributed by atoms with E-state index in [1.165, 1.54) is 11.6 Å². The van der Waals surface area contributed by atoms with E-state index >= 15 is 0 Å². The highest BCUT2D eigenvalue weighted by Gasteiger charge is 2.07. The van der Waals surface area contributed by atoms with Gasteiger partial charge < -0.3 is 14.7 Å². The second kappa shape index (κ2) is 6.83. The number of nitrogens with zero attached hydrogens (tertiary/aromatic N) is 1. The molecule has 0 heterocycles. The molecule has 0 fully saturated rings. The highest BCUT2D eigenvalue weighted by molar-refractivity contribution is 5.86. The Bertz CT molecular complexity index is 838. The van der Waals surface area contributed by atoms with E-state index in [0.29, 0.717) is 23.7 Å². The van der Waals surface area contributed by atoms with Crippen LogP contribution in [0.2, 0.25) is 0 Å². The average molecular weight is 307 g/mol. The fraction of sp³-hybridized carbons (Fsp3) is 0.105. The van der Waals surface area contributed by atoms with Gasteiger partial charge in [0.1, 0.15) is 18.1 Å². The molecule has 0 aromatic heterocycles. The summed E-state index contributed by atoms with van der Waals surface area (Å²) in [6.45, 7) is 0.417. The number of oxime groups is 1. The van der Waals surface area contributed by atoms with Gasteiger partial charge in [0.2, 0.25) is 0 Å². The number of ether oxygens (including phenoxy) is 2. The Morgan fingerprint density at radius 1 is 1.04 bits per heavy atom. The van der Waals surface area contributed by atoms with Gasteiger partial charge in [-0.2, -0.15) is 0 Å². The largest absolute Gasteiger partial charge is 0.497 e. The first-order chi connectivity index (χ1) is 11.3. The Balaban J connectivity index is 1.90. The lowest BCUT2D eigenvalue weighted by Gasteiger charge is -2.12. The van der Waals surface area contributed by atoms with Crippen LogP contribution in [0.1, 0.15) is 11.1 Å². The third-order valence-electron chi connectivity index (χ3n) is 3.68. The predicted octanol–water partition coefficient (Wildman–Crippen LogP) is 4.24. The molecule has 0 spiro atoms. The summed E-state index contributed by atoms with van der Waals surface area (Å²) in [6.07, 6.45) is 1.35. The first kappa shape index (κ1) is 14.9. The summed E-state index contributed by atoms with van der Waals surface area (Å²) >= 11 is 0. The van der Waals surface area contributed by atoms with Crippen molar-refractivity contribution in [1.82, 2.24) is 0 Å². The maximum Gasteiger partial charge on any atom is 0.132 e. The zero-order valence-corrected chi connectivity index (χ0v) is 12.8. The summed E-state index contributed by atoms with van der Waals surface area (Å²) in [5, 5.41) is 14.2. The molecule has 0 unspecified atom stereocenters. The molecule has 0 radical (unpaired) electrons. The zero-order valence-electron chi connectivity index (χ0n) is 12.8. The van der Waals surface area contributed by atoms with Gasteiger partial charge in [0.25, 0.3) is 0 Å². The highest BCUT2D eigenvalue weighted by Crippen LogP contribution is 2.26. The molecule has 23 heavy (non-hydrogen) atoms. The molecule has 0 atom stereocenters. The average Bonchev–Trinajstić information content (AvgIpc) is 2.61. The topological polar surface area (TPSA) is 51.0 Å². The summed E-state index contributed by atoms with van der Waals surface area (Å²) < 4.78 is 11.2. The molecular weight excluding hydrogens is 290 g/mol. The highest BCUT2D eigenvalue weighted by atomic mass is 16.5. The fourth-order valence-corrected chi connectivity index (χ4v) is 2.51. The lowest BCUT2D eigenvalue weighted by atomic mass is 10.1. The number of hydrogen-bond donors (Lipinski definition) is 1. The summed E-state index contributed by atoms with van der Waals surface area (Å²) in [7, 11) is 1.60. The molecule has 0 bridgehead atoms. The maximum absolute atomic E-state index is 8.78. The molecular formula is C19H17NO3. The number of fused-ring (bicyclic) bond motifs is 1. The molecule has 3 aromatic rings. The molecule has 3 aromatic carbocycles. The van der Waals surface area contributed by atoms with Crippen LogP contribution in [0.25, 0.3) is 10.8 Å². The Morgan fingerprint density at radius 3 is 2.70 bits per heavy atom. The van der Waals surface area contributed by atoms with Crippen LogP contribution in [0.4, 0.5) is 0 Å². The van der Waals surface area contributed by atoms with Crippen molar-refractivity contribution in [2.45, 2.75) is 6.61 Å². The van der Waals surface area contributed by atoms with Crippen LogP contribution in [-0.4, -0.2) is 18.5 Å². The van der Waals surface area contributed by atoms with Gasteiger partial charge in [0, 0.05) is 11.6 Å². The van der Waals surface area contributed by atoms with Gasteiger partial charge in [-0.3, -0.25) is 0 Å². The molecule has 0 aliphatic heterocycles. The first-order valence-corrected chi connectivity index (χ1v) is 7.27. The predicted molar refractivity (Wildman–Crippen MR) is 90.7 cm³/mol. The number of benzene rings is 3. The summed E-state index contributed by atoms with van der Waals surface area (Å²) in [5.74, 6) is 1.29. The number of methoxy groups -OCH3 is 1. The molecule has 0 amide bonds. The number of rotatable bonds is 5. The van der Waals surface area contributed by atoms with E-state index in [9.17, 15) is 0 Å².